The standard InChI is InChI=1S/C30H50O/c1-20(2)10-9-11-21(3)22-14-18-30(8)24-12-13-25-27(4,5)26(31)16-17-28(25,6)23(24)15-19-29(22,30)7/h10,21-22,25-26,31H,9,11-19H2,1-8H3/t21-,22-,25?,26+,28?,29?,30?/m1/s1. The van der Waals surface area contributed by atoms with Gasteiger partial charge in [0.15, 0.2) is 0 Å². The van der Waals surface area contributed by atoms with E-state index in [1.165, 1.54) is 63.4 Å². The summed E-state index contributed by atoms with van der Waals surface area (Å²) < 4.78 is 0. The lowest BCUT2D eigenvalue weighted by molar-refractivity contribution is -0.0962. The fourth-order valence-corrected chi connectivity index (χ4v) is 9.47. The van der Waals surface area contributed by atoms with Crippen LogP contribution in [0.4, 0.5) is 0 Å². The Kier molecular flexibility index (Phi) is 5.90. The molecular weight excluding hydrogens is 376 g/mol. The van der Waals surface area contributed by atoms with Crippen LogP contribution in [0.25, 0.3) is 0 Å². The van der Waals surface area contributed by atoms with Crippen LogP contribution >= 0.6 is 0 Å². The van der Waals surface area contributed by atoms with Gasteiger partial charge in [-0.25, -0.2) is 0 Å². The Bertz CT molecular complexity index is 767. The first-order valence-corrected chi connectivity index (χ1v) is 13.4. The Balaban J connectivity index is 1.65. The molecule has 4 unspecified atom stereocenters. The fraction of sp³-hybridized carbons (Fsp3) is 0.867. The smallest absolute Gasteiger partial charge is 0.0594 e. The van der Waals surface area contributed by atoms with E-state index in [1.54, 1.807) is 0 Å². The fourth-order valence-electron chi connectivity index (χ4n) is 9.47. The number of hydrogen-bond donors (Lipinski definition) is 1. The molecule has 1 N–H and O–H groups in total. The van der Waals surface area contributed by atoms with Crippen molar-refractivity contribution in [3.8, 4) is 0 Å². The molecule has 0 aliphatic heterocycles. The van der Waals surface area contributed by atoms with Gasteiger partial charge in [-0.05, 0) is 117 Å². The molecule has 0 heterocycles. The van der Waals surface area contributed by atoms with Gasteiger partial charge in [0.1, 0.15) is 0 Å². The molecule has 4 rings (SSSR count). The molecule has 2 fully saturated rings. The van der Waals surface area contributed by atoms with Crippen molar-refractivity contribution in [3.63, 3.8) is 0 Å². The highest BCUT2D eigenvalue weighted by molar-refractivity contribution is 5.38. The molecule has 0 spiro atoms. The van der Waals surface area contributed by atoms with E-state index in [9.17, 15) is 5.11 Å². The van der Waals surface area contributed by atoms with E-state index >= 15 is 0 Å². The van der Waals surface area contributed by atoms with Gasteiger partial charge in [0.05, 0.1) is 6.10 Å². The zero-order valence-corrected chi connectivity index (χ0v) is 21.9. The van der Waals surface area contributed by atoms with E-state index in [1.807, 2.05) is 11.1 Å². The van der Waals surface area contributed by atoms with Crippen molar-refractivity contribution in [3.05, 3.63) is 22.8 Å². The lowest BCUT2D eigenvalue weighted by atomic mass is 9.43. The summed E-state index contributed by atoms with van der Waals surface area (Å²) in [4.78, 5) is 0. The summed E-state index contributed by atoms with van der Waals surface area (Å²) in [5, 5.41) is 10.8. The topological polar surface area (TPSA) is 20.2 Å². The summed E-state index contributed by atoms with van der Waals surface area (Å²) in [6.07, 6.45) is 15.2. The monoisotopic (exact) mass is 426 g/mol. The minimum atomic E-state index is -0.130. The number of rotatable bonds is 4. The quantitative estimate of drug-likeness (QED) is 0.447. The SMILES string of the molecule is CC(C)=CCC[C@@H](C)[C@H]1CCC2(C)C3=C(CCC12C)C1(C)CC[C@H](O)C(C)(C)C1CC3. The van der Waals surface area contributed by atoms with Crippen molar-refractivity contribution in [2.24, 2.45) is 39.4 Å². The maximum absolute atomic E-state index is 10.8. The van der Waals surface area contributed by atoms with Crippen LogP contribution in [0.15, 0.2) is 22.8 Å². The molecule has 0 aromatic carbocycles. The molecule has 7 atom stereocenters. The molecule has 0 radical (unpaired) electrons. The van der Waals surface area contributed by atoms with Crippen molar-refractivity contribution in [1.82, 2.24) is 0 Å². The van der Waals surface area contributed by atoms with Crippen LogP contribution in [0.5, 0.6) is 0 Å². The third-order valence-corrected chi connectivity index (χ3v) is 11.7. The zero-order chi connectivity index (χ0) is 22.8. The second-order valence-electron chi connectivity index (χ2n) is 13.6. The number of aliphatic hydroxyl groups excluding tert-OH is 1. The Morgan fingerprint density at radius 2 is 1.68 bits per heavy atom. The highest BCUT2D eigenvalue weighted by Crippen LogP contribution is 2.72. The average Bonchev–Trinajstić information content (AvgIpc) is 2.96. The van der Waals surface area contributed by atoms with Crippen LogP contribution in [-0.4, -0.2) is 11.2 Å². The summed E-state index contributed by atoms with van der Waals surface area (Å²) in [7, 11) is 0. The van der Waals surface area contributed by atoms with Crippen molar-refractivity contribution >= 4 is 0 Å². The van der Waals surface area contributed by atoms with Gasteiger partial charge in [-0.2, -0.15) is 0 Å². The average molecular weight is 427 g/mol. The molecule has 31 heavy (non-hydrogen) atoms. The first-order valence-electron chi connectivity index (χ1n) is 13.4. The predicted octanol–water partition coefficient (Wildman–Crippen LogP) is 8.48. The Labute approximate surface area is 193 Å². The number of aliphatic hydroxyl groups is 1. The second-order valence-corrected chi connectivity index (χ2v) is 13.6. The number of allylic oxidation sites excluding steroid dienone is 4. The molecule has 4 aliphatic carbocycles. The van der Waals surface area contributed by atoms with Crippen LogP contribution in [0.3, 0.4) is 0 Å². The maximum Gasteiger partial charge on any atom is 0.0594 e. The van der Waals surface area contributed by atoms with E-state index in [4.69, 9.17) is 0 Å². The Morgan fingerprint density at radius 3 is 2.35 bits per heavy atom. The molecule has 4 aliphatic rings. The van der Waals surface area contributed by atoms with Gasteiger partial charge in [-0.15, -0.1) is 0 Å². The van der Waals surface area contributed by atoms with Crippen molar-refractivity contribution in [1.29, 1.82) is 0 Å². The Hall–Kier alpha value is -0.560. The minimum Gasteiger partial charge on any atom is -0.393 e. The van der Waals surface area contributed by atoms with Crippen molar-refractivity contribution in [2.45, 2.75) is 126 Å². The molecule has 0 aromatic rings. The third-order valence-electron chi connectivity index (χ3n) is 11.7. The zero-order valence-electron chi connectivity index (χ0n) is 21.9. The van der Waals surface area contributed by atoms with E-state index in [0.29, 0.717) is 22.2 Å². The summed E-state index contributed by atoms with van der Waals surface area (Å²) >= 11 is 0. The lowest BCUT2D eigenvalue weighted by Gasteiger charge is -2.62. The molecular formula is C30H50O. The summed E-state index contributed by atoms with van der Waals surface area (Å²) in [6.45, 7) is 19.6. The van der Waals surface area contributed by atoms with Crippen LogP contribution < -0.4 is 0 Å². The predicted molar refractivity (Wildman–Crippen MR) is 133 cm³/mol. The molecule has 0 aromatic heterocycles. The third kappa shape index (κ3) is 3.34. The van der Waals surface area contributed by atoms with Crippen LogP contribution in [0, 0.1) is 39.4 Å². The highest BCUT2D eigenvalue weighted by Gasteiger charge is 2.63. The van der Waals surface area contributed by atoms with E-state index < -0.39 is 0 Å². The summed E-state index contributed by atoms with van der Waals surface area (Å²) in [6, 6.07) is 0. The van der Waals surface area contributed by atoms with Crippen LogP contribution in [0.1, 0.15) is 120 Å². The first-order chi connectivity index (χ1) is 14.4. The molecule has 176 valence electrons. The largest absolute Gasteiger partial charge is 0.393 e. The van der Waals surface area contributed by atoms with E-state index in [-0.39, 0.29) is 11.5 Å². The molecule has 0 saturated heterocycles. The second kappa shape index (κ2) is 7.75. The summed E-state index contributed by atoms with van der Waals surface area (Å²) in [5.41, 5.74) is 6.41. The van der Waals surface area contributed by atoms with Crippen LogP contribution in [0.2, 0.25) is 0 Å². The number of hydrogen-bond acceptors (Lipinski definition) is 1. The molecule has 0 bridgehead atoms. The van der Waals surface area contributed by atoms with Gasteiger partial charge in [0.25, 0.3) is 0 Å². The van der Waals surface area contributed by atoms with Gasteiger partial charge in [0, 0.05) is 0 Å². The molecule has 0 amide bonds. The van der Waals surface area contributed by atoms with E-state index in [2.05, 4.69) is 61.5 Å². The Morgan fingerprint density at radius 1 is 0.968 bits per heavy atom. The van der Waals surface area contributed by atoms with Gasteiger partial charge >= 0.3 is 0 Å². The maximum atomic E-state index is 10.8. The normalized spacial score (nSPS) is 44.9. The molecule has 1 nitrogen and oxygen atoms in total. The van der Waals surface area contributed by atoms with E-state index in [0.717, 1.165) is 18.3 Å². The van der Waals surface area contributed by atoms with Crippen LogP contribution in [-0.2, 0) is 0 Å². The molecule has 1 heteroatoms. The lowest BCUT2D eigenvalue weighted by Crippen LogP contribution is -2.55. The number of fused-ring (bicyclic) bond motifs is 4. The van der Waals surface area contributed by atoms with Crippen molar-refractivity contribution < 1.29 is 5.11 Å². The minimum absolute atomic E-state index is 0.0465. The van der Waals surface area contributed by atoms with Gasteiger partial charge in [-0.1, -0.05) is 64.3 Å². The van der Waals surface area contributed by atoms with Crippen molar-refractivity contribution in [2.75, 3.05) is 0 Å². The highest BCUT2D eigenvalue weighted by atomic mass is 16.3. The summed E-state index contributed by atoms with van der Waals surface area (Å²) in [5.74, 6) is 2.32. The molecule has 2 saturated carbocycles. The first kappa shape index (κ1) is 23.6. The van der Waals surface area contributed by atoms with Gasteiger partial charge < -0.3 is 5.11 Å². The van der Waals surface area contributed by atoms with Gasteiger partial charge in [0.2, 0.25) is 0 Å². The van der Waals surface area contributed by atoms with Gasteiger partial charge in [-0.3, -0.25) is 0 Å².